The van der Waals surface area contributed by atoms with Gasteiger partial charge in [0.1, 0.15) is 6.04 Å². The SMILES string of the molecule is Cc1cccc(C(=O)NCC(=O)NC(C)C(=O)O)c1. The summed E-state index contributed by atoms with van der Waals surface area (Å²) in [7, 11) is 0. The highest BCUT2D eigenvalue weighted by Crippen LogP contribution is 2.03. The molecule has 0 saturated heterocycles. The van der Waals surface area contributed by atoms with E-state index in [9.17, 15) is 14.4 Å². The van der Waals surface area contributed by atoms with Gasteiger partial charge in [-0.2, -0.15) is 0 Å². The fraction of sp³-hybridized carbons (Fsp3) is 0.308. The lowest BCUT2D eigenvalue weighted by Crippen LogP contribution is -2.44. The smallest absolute Gasteiger partial charge is 0.325 e. The Kier molecular flexibility index (Phi) is 5.05. The predicted molar refractivity (Wildman–Crippen MR) is 68.8 cm³/mol. The largest absolute Gasteiger partial charge is 0.480 e. The standard InChI is InChI=1S/C13H16N2O4/c1-8-4-3-5-10(6-8)12(17)14-7-11(16)15-9(2)13(18)19/h3-6,9H,7H2,1-2H3,(H,14,17)(H,15,16)(H,18,19). The third-order valence-electron chi connectivity index (χ3n) is 2.44. The van der Waals surface area contributed by atoms with Gasteiger partial charge in [-0.3, -0.25) is 14.4 Å². The van der Waals surface area contributed by atoms with Gasteiger partial charge in [0, 0.05) is 5.56 Å². The van der Waals surface area contributed by atoms with E-state index in [-0.39, 0.29) is 12.5 Å². The molecule has 6 heteroatoms. The summed E-state index contributed by atoms with van der Waals surface area (Å²) < 4.78 is 0. The van der Waals surface area contributed by atoms with Crippen LogP contribution in [-0.4, -0.2) is 35.5 Å². The van der Waals surface area contributed by atoms with Gasteiger partial charge in [0.05, 0.1) is 6.54 Å². The maximum Gasteiger partial charge on any atom is 0.325 e. The topological polar surface area (TPSA) is 95.5 Å². The molecule has 0 saturated carbocycles. The van der Waals surface area contributed by atoms with Gasteiger partial charge in [0.15, 0.2) is 0 Å². The van der Waals surface area contributed by atoms with Crippen LogP contribution < -0.4 is 10.6 Å². The van der Waals surface area contributed by atoms with E-state index in [1.165, 1.54) is 6.92 Å². The first-order chi connectivity index (χ1) is 8.90. The molecule has 0 aromatic heterocycles. The molecular weight excluding hydrogens is 248 g/mol. The lowest BCUT2D eigenvalue weighted by molar-refractivity contribution is -0.141. The van der Waals surface area contributed by atoms with Gasteiger partial charge in [0.2, 0.25) is 5.91 Å². The van der Waals surface area contributed by atoms with E-state index >= 15 is 0 Å². The van der Waals surface area contributed by atoms with Crippen LogP contribution in [0.5, 0.6) is 0 Å². The highest BCUT2D eigenvalue weighted by atomic mass is 16.4. The van der Waals surface area contributed by atoms with Crippen LogP contribution in [-0.2, 0) is 9.59 Å². The number of nitrogens with one attached hydrogen (secondary N) is 2. The number of amides is 2. The van der Waals surface area contributed by atoms with Crippen molar-refractivity contribution in [1.82, 2.24) is 10.6 Å². The van der Waals surface area contributed by atoms with E-state index in [0.29, 0.717) is 5.56 Å². The first kappa shape index (κ1) is 14.7. The van der Waals surface area contributed by atoms with E-state index in [4.69, 9.17) is 5.11 Å². The molecule has 19 heavy (non-hydrogen) atoms. The lowest BCUT2D eigenvalue weighted by Gasteiger charge is -2.10. The molecule has 1 aromatic carbocycles. The summed E-state index contributed by atoms with van der Waals surface area (Å²) in [5.41, 5.74) is 1.40. The number of benzene rings is 1. The maximum atomic E-state index is 11.7. The zero-order chi connectivity index (χ0) is 14.4. The zero-order valence-electron chi connectivity index (χ0n) is 10.8. The molecule has 1 rings (SSSR count). The molecular formula is C13H16N2O4. The minimum Gasteiger partial charge on any atom is -0.480 e. The van der Waals surface area contributed by atoms with Crippen molar-refractivity contribution in [2.75, 3.05) is 6.54 Å². The first-order valence-corrected chi connectivity index (χ1v) is 5.77. The Labute approximate surface area is 110 Å². The highest BCUT2D eigenvalue weighted by Gasteiger charge is 2.14. The Bertz CT molecular complexity index is 499. The van der Waals surface area contributed by atoms with Gasteiger partial charge in [-0.15, -0.1) is 0 Å². The zero-order valence-corrected chi connectivity index (χ0v) is 10.8. The van der Waals surface area contributed by atoms with Gasteiger partial charge in [-0.25, -0.2) is 0 Å². The number of carbonyl (C=O) groups is 3. The van der Waals surface area contributed by atoms with E-state index in [2.05, 4.69) is 10.6 Å². The summed E-state index contributed by atoms with van der Waals surface area (Å²) in [4.78, 5) is 33.6. The van der Waals surface area contributed by atoms with Crippen LogP contribution >= 0.6 is 0 Å². The highest BCUT2D eigenvalue weighted by molar-refractivity contribution is 5.96. The molecule has 2 amide bonds. The van der Waals surface area contributed by atoms with Crippen molar-refractivity contribution in [2.24, 2.45) is 0 Å². The van der Waals surface area contributed by atoms with Gasteiger partial charge < -0.3 is 15.7 Å². The molecule has 0 heterocycles. The van der Waals surface area contributed by atoms with Crippen LogP contribution in [0.1, 0.15) is 22.8 Å². The van der Waals surface area contributed by atoms with Crippen molar-refractivity contribution in [3.05, 3.63) is 35.4 Å². The molecule has 0 aliphatic heterocycles. The predicted octanol–water partition coefficient (Wildman–Crippen LogP) is 0.314. The number of aliphatic carboxylic acids is 1. The fourth-order valence-corrected chi connectivity index (χ4v) is 1.40. The Balaban J connectivity index is 2.46. The summed E-state index contributed by atoms with van der Waals surface area (Å²) in [6.07, 6.45) is 0. The van der Waals surface area contributed by atoms with Gasteiger partial charge in [0.25, 0.3) is 5.91 Å². The molecule has 0 aliphatic carbocycles. The third-order valence-corrected chi connectivity index (χ3v) is 2.44. The summed E-state index contributed by atoms with van der Waals surface area (Å²) in [6.45, 7) is 2.95. The lowest BCUT2D eigenvalue weighted by atomic mass is 10.1. The van der Waals surface area contributed by atoms with Crippen molar-refractivity contribution in [3.63, 3.8) is 0 Å². The van der Waals surface area contributed by atoms with Crippen molar-refractivity contribution in [1.29, 1.82) is 0 Å². The summed E-state index contributed by atoms with van der Waals surface area (Å²) in [5, 5.41) is 13.3. The average Bonchev–Trinajstić information content (AvgIpc) is 2.35. The van der Waals surface area contributed by atoms with Crippen LogP contribution in [0, 0.1) is 6.92 Å². The number of carbonyl (C=O) groups excluding carboxylic acids is 2. The number of hydrogen-bond acceptors (Lipinski definition) is 3. The molecule has 6 nitrogen and oxygen atoms in total. The molecule has 1 unspecified atom stereocenters. The summed E-state index contributed by atoms with van der Waals surface area (Å²) in [5.74, 6) is -2.05. The molecule has 0 bridgehead atoms. The maximum absolute atomic E-state index is 11.7. The van der Waals surface area contributed by atoms with Crippen molar-refractivity contribution in [3.8, 4) is 0 Å². The number of rotatable bonds is 5. The van der Waals surface area contributed by atoms with E-state index < -0.39 is 17.9 Å². The monoisotopic (exact) mass is 264 g/mol. The molecule has 0 radical (unpaired) electrons. The molecule has 0 fully saturated rings. The number of aryl methyl sites for hydroxylation is 1. The quantitative estimate of drug-likeness (QED) is 0.713. The van der Waals surface area contributed by atoms with Crippen LogP contribution in [0.15, 0.2) is 24.3 Å². The Morgan fingerprint density at radius 1 is 1.32 bits per heavy atom. The van der Waals surface area contributed by atoms with Crippen molar-refractivity contribution < 1.29 is 19.5 Å². The summed E-state index contributed by atoms with van der Waals surface area (Å²) in [6, 6.07) is 5.96. The molecule has 3 N–H and O–H groups in total. The third kappa shape index (κ3) is 4.79. The molecule has 1 atom stereocenters. The Morgan fingerprint density at radius 3 is 2.58 bits per heavy atom. The second-order valence-electron chi connectivity index (χ2n) is 4.18. The fourth-order valence-electron chi connectivity index (χ4n) is 1.40. The number of carboxylic acids is 1. The first-order valence-electron chi connectivity index (χ1n) is 5.77. The molecule has 102 valence electrons. The average molecular weight is 264 g/mol. The van der Waals surface area contributed by atoms with E-state index in [0.717, 1.165) is 5.56 Å². The second-order valence-corrected chi connectivity index (χ2v) is 4.18. The van der Waals surface area contributed by atoms with Crippen molar-refractivity contribution >= 4 is 17.8 Å². The second kappa shape index (κ2) is 6.53. The summed E-state index contributed by atoms with van der Waals surface area (Å²) >= 11 is 0. The van der Waals surface area contributed by atoms with Crippen LogP contribution in [0.3, 0.4) is 0 Å². The molecule has 1 aromatic rings. The van der Waals surface area contributed by atoms with Gasteiger partial charge in [-0.1, -0.05) is 17.7 Å². The minimum absolute atomic E-state index is 0.260. The van der Waals surface area contributed by atoms with Gasteiger partial charge >= 0.3 is 5.97 Å². The van der Waals surface area contributed by atoms with Crippen LogP contribution in [0.2, 0.25) is 0 Å². The van der Waals surface area contributed by atoms with Crippen molar-refractivity contribution in [2.45, 2.75) is 19.9 Å². The Morgan fingerprint density at radius 2 is 2.00 bits per heavy atom. The van der Waals surface area contributed by atoms with E-state index in [1.807, 2.05) is 13.0 Å². The van der Waals surface area contributed by atoms with Gasteiger partial charge in [-0.05, 0) is 26.0 Å². The van der Waals surface area contributed by atoms with Crippen LogP contribution in [0.25, 0.3) is 0 Å². The van der Waals surface area contributed by atoms with E-state index in [1.54, 1.807) is 18.2 Å². The molecule has 0 aliphatic rings. The minimum atomic E-state index is -1.13. The normalized spacial score (nSPS) is 11.5. The number of hydrogen-bond donors (Lipinski definition) is 3. The van der Waals surface area contributed by atoms with Crippen LogP contribution in [0.4, 0.5) is 0 Å². The molecule has 0 spiro atoms. The Hall–Kier alpha value is -2.37. The number of carboxylic acid groups (broad SMARTS) is 1.